The second kappa shape index (κ2) is 22.4. The smallest absolute Gasteiger partial charge is 0.327 e. The molecule has 2 N–H and O–H groups in total. The van der Waals surface area contributed by atoms with E-state index >= 15 is 0 Å². The van der Waals surface area contributed by atoms with Gasteiger partial charge in [0.05, 0.1) is 0 Å². The third kappa shape index (κ3) is 36.0. The number of aliphatic carboxylic acids is 2. The van der Waals surface area contributed by atoms with Gasteiger partial charge >= 0.3 is 11.9 Å². The SMILES string of the molecule is CC=CC(=O)O.CC=CC(=O)O.[CH3-].[V].c1ccccc1. The molecule has 0 spiro atoms. The van der Waals surface area contributed by atoms with Gasteiger partial charge in [0.1, 0.15) is 0 Å². The number of carboxylic acids is 2. The Morgan fingerprint density at radius 2 is 0.950 bits per heavy atom. The van der Waals surface area contributed by atoms with Crippen LogP contribution in [0.1, 0.15) is 13.8 Å². The molecule has 0 fully saturated rings. The molecule has 0 amide bonds. The predicted molar refractivity (Wildman–Crippen MR) is 77.8 cm³/mol. The normalized spacial score (nSPS) is 8.10. The summed E-state index contributed by atoms with van der Waals surface area (Å²) in [5.41, 5.74) is 0. The summed E-state index contributed by atoms with van der Waals surface area (Å²) in [4.78, 5) is 19.0. The molecule has 111 valence electrons. The molecule has 5 heteroatoms. The van der Waals surface area contributed by atoms with Crippen molar-refractivity contribution in [1.82, 2.24) is 0 Å². The minimum Gasteiger partial charge on any atom is -0.478 e. The van der Waals surface area contributed by atoms with Crippen LogP contribution in [0.25, 0.3) is 0 Å². The van der Waals surface area contributed by atoms with Gasteiger partial charge in [0, 0.05) is 30.7 Å². The second-order valence-corrected chi connectivity index (χ2v) is 2.83. The van der Waals surface area contributed by atoms with Crippen LogP contribution in [-0.2, 0) is 28.1 Å². The summed E-state index contributed by atoms with van der Waals surface area (Å²) in [5, 5.41) is 15.7. The predicted octanol–water partition coefficient (Wildman–Crippen LogP) is 3.43. The Hall–Kier alpha value is -1.78. The van der Waals surface area contributed by atoms with Gasteiger partial charge in [-0.05, 0) is 13.8 Å². The van der Waals surface area contributed by atoms with Crippen molar-refractivity contribution in [3.8, 4) is 0 Å². The van der Waals surface area contributed by atoms with Crippen molar-refractivity contribution >= 4 is 11.9 Å². The molecule has 0 aliphatic carbocycles. The molecule has 1 rings (SSSR count). The van der Waals surface area contributed by atoms with E-state index in [4.69, 9.17) is 10.2 Å². The van der Waals surface area contributed by atoms with Crippen molar-refractivity contribution in [1.29, 1.82) is 0 Å². The fourth-order valence-corrected chi connectivity index (χ4v) is 0.670. The Bertz CT molecular complexity index is 324. The van der Waals surface area contributed by atoms with Gasteiger partial charge in [-0.25, -0.2) is 9.59 Å². The number of benzene rings is 1. The van der Waals surface area contributed by atoms with E-state index in [2.05, 4.69) is 0 Å². The van der Waals surface area contributed by atoms with Crippen LogP contribution in [0, 0.1) is 7.43 Å². The van der Waals surface area contributed by atoms with E-state index in [0.717, 1.165) is 12.2 Å². The second-order valence-electron chi connectivity index (χ2n) is 2.83. The van der Waals surface area contributed by atoms with Crippen LogP contribution in [-0.4, -0.2) is 22.2 Å². The molecule has 1 aromatic rings. The molecule has 0 bridgehead atoms. The van der Waals surface area contributed by atoms with E-state index in [1.807, 2.05) is 36.4 Å². The van der Waals surface area contributed by atoms with Crippen molar-refractivity contribution in [2.75, 3.05) is 0 Å². The first-order valence-corrected chi connectivity index (χ1v) is 5.25. The molecule has 0 heterocycles. The average molecular weight is 316 g/mol. The quantitative estimate of drug-likeness (QED) is 0.647. The van der Waals surface area contributed by atoms with Gasteiger partial charge in [0.25, 0.3) is 0 Å². The Kier molecular flexibility index (Phi) is 29.9. The third-order valence-electron chi connectivity index (χ3n) is 1.29. The number of carboxylic acid groups (broad SMARTS) is 2. The van der Waals surface area contributed by atoms with Crippen LogP contribution in [0.5, 0.6) is 0 Å². The van der Waals surface area contributed by atoms with Crippen LogP contribution in [0.2, 0.25) is 0 Å². The van der Waals surface area contributed by atoms with Crippen LogP contribution in [0.3, 0.4) is 0 Å². The van der Waals surface area contributed by atoms with Crippen molar-refractivity contribution in [2.24, 2.45) is 0 Å². The molecule has 1 aromatic carbocycles. The molecular formula is C15H21O4V-. The third-order valence-corrected chi connectivity index (χ3v) is 1.29. The maximum absolute atomic E-state index is 9.51. The van der Waals surface area contributed by atoms with Crippen LogP contribution < -0.4 is 0 Å². The summed E-state index contributed by atoms with van der Waals surface area (Å²) in [5.74, 6) is -1.78. The topological polar surface area (TPSA) is 74.6 Å². The zero-order valence-electron chi connectivity index (χ0n) is 11.9. The molecule has 0 aliphatic rings. The first kappa shape index (κ1) is 26.7. The molecule has 20 heavy (non-hydrogen) atoms. The maximum Gasteiger partial charge on any atom is 0.327 e. The minimum absolute atomic E-state index is 0. The zero-order chi connectivity index (χ0) is 14.2. The Morgan fingerprint density at radius 1 is 0.750 bits per heavy atom. The van der Waals surface area contributed by atoms with E-state index < -0.39 is 11.9 Å². The Morgan fingerprint density at radius 3 is 1.00 bits per heavy atom. The number of carbonyl (C=O) groups is 2. The van der Waals surface area contributed by atoms with Crippen molar-refractivity contribution < 1.29 is 38.4 Å². The average Bonchev–Trinajstić information content (AvgIpc) is 2.32. The van der Waals surface area contributed by atoms with E-state index in [1.165, 1.54) is 12.2 Å². The first-order chi connectivity index (χ1) is 8.54. The Balaban J connectivity index is -0.0000000914. The molecule has 0 saturated heterocycles. The number of allylic oxidation sites excluding steroid dienone is 2. The summed E-state index contributed by atoms with van der Waals surface area (Å²) < 4.78 is 0. The Labute approximate surface area is 132 Å². The molecule has 0 atom stereocenters. The van der Waals surface area contributed by atoms with Crippen LogP contribution in [0.4, 0.5) is 0 Å². The van der Waals surface area contributed by atoms with Gasteiger partial charge in [0.15, 0.2) is 0 Å². The largest absolute Gasteiger partial charge is 0.478 e. The van der Waals surface area contributed by atoms with E-state index in [9.17, 15) is 9.59 Å². The van der Waals surface area contributed by atoms with E-state index in [0.29, 0.717) is 0 Å². The van der Waals surface area contributed by atoms with Crippen molar-refractivity contribution in [2.45, 2.75) is 13.8 Å². The van der Waals surface area contributed by atoms with E-state index in [-0.39, 0.29) is 26.0 Å². The number of rotatable bonds is 2. The monoisotopic (exact) mass is 316 g/mol. The summed E-state index contributed by atoms with van der Waals surface area (Å²) in [6.07, 6.45) is 5.12. The van der Waals surface area contributed by atoms with Gasteiger partial charge in [-0.15, -0.1) is 0 Å². The first-order valence-electron chi connectivity index (χ1n) is 5.25. The van der Waals surface area contributed by atoms with Gasteiger partial charge in [-0.2, -0.15) is 0 Å². The fourth-order valence-electron chi connectivity index (χ4n) is 0.670. The molecule has 0 unspecified atom stereocenters. The molecule has 0 saturated carbocycles. The zero-order valence-corrected chi connectivity index (χ0v) is 13.3. The summed E-state index contributed by atoms with van der Waals surface area (Å²) in [7, 11) is 0. The maximum atomic E-state index is 9.51. The van der Waals surface area contributed by atoms with Gasteiger partial charge in [-0.1, -0.05) is 48.6 Å². The van der Waals surface area contributed by atoms with Crippen molar-refractivity contribution in [3.05, 3.63) is 68.1 Å². The number of hydrogen-bond acceptors (Lipinski definition) is 2. The minimum atomic E-state index is -0.891. The van der Waals surface area contributed by atoms with Crippen LogP contribution >= 0.6 is 0 Å². The van der Waals surface area contributed by atoms with Crippen LogP contribution in [0.15, 0.2) is 60.7 Å². The van der Waals surface area contributed by atoms with E-state index in [1.54, 1.807) is 13.8 Å². The standard InChI is InChI=1S/C6H6.2C4H6O2.CH3.V/c1-2-4-6-5-3-1;2*1-2-3-4(5)6;;/h1-6H;2*2-3H,1H3,(H,5,6);1H3;/q;;;-1;. The molecular weight excluding hydrogens is 295 g/mol. The molecule has 1 radical (unpaired) electrons. The van der Waals surface area contributed by atoms with Gasteiger partial charge < -0.3 is 17.6 Å². The number of hydrogen-bond donors (Lipinski definition) is 2. The molecule has 0 aliphatic heterocycles. The van der Waals surface area contributed by atoms with Crippen molar-refractivity contribution in [3.63, 3.8) is 0 Å². The summed E-state index contributed by atoms with van der Waals surface area (Å²) >= 11 is 0. The summed E-state index contributed by atoms with van der Waals surface area (Å²) in [6.45, 7) is 3.32. The van der Waals surface area contributed by atoms with Gasteiger partial charge in [-0.3, -0.25) is 0 Å². The summed E-state index contributed by atoms with van der Waals surface area (Å²) in [6, 6.07) is 12.0. The molecule has 4 nitrogen and oxygen atoms in total. The molecule has 0 aromatic heterocycles. The fraction of sp³-hybridized carbons (Fsp3) is 0.133. The van der Waals surface area contributed by atoms with Gasteiger partial charge in [0.2, 0.25) is 0 Å².